The number of ether oxygens (including phenoxy) is 1. The predicted molar refractivity (Wildman–Crippen MR) is 111 cm³/mol. The average molecular weight is 399 g/mol. The van der Waals surface area contributed by atoms with Crippen molar-refractivity contribution in [2.45, 2.75) is 13.0 Å². The minimum atomic E-state index is -0.257. The molecule has 1 heterocycles. The summed E-state index contributed by atoms with van der Waals surface area (Å²) < 4.78 is 5.21. The van der Waals surface area contributed by atoms with Crippen LogP contribution in [-0.4, -0.2) is 50.1 Å². The Balaban J connectivity index is 1.55. The molecule has 1 fully saturated rings. The fraction of sp³-hybridized carbons (Fsp3) is 0.333. The van der Waals surface area contributed by atoms with E-state index in [1.54, 1.807) is 25.3 Å². The van der Waals surface area contributed by atoms with Crippen LogP contribution >= 0.6 is 11.6 Å². The summed E-state index contributed by atoms with van der Waals surface area (Å²) in [4.78, 5) is 17.1. The van der Waals surface area contributed by atoms with Gasteiger partial charge in [0.15, 0.2) is 0 Å². The molecule has 0 bridgehead atoms. The number of methoxy groups -OCH3 is 1. The first kappa shape index (κ1) is 20.0. The summed E-state index contributed by atoms with van der Waals surface area (Å²) in [5, 5.41) is 12.2. The standard InChI is InChI=1S/C21H23ClN4O2/c1-15(21(27)24-17-4-3-16(14-23)20(22)13-17)25-9-11-26(12-10-25)18-5-7-19(28-2)8-6-18/h3-8,13,15H,9-12H2,1-2H3,(H,24,27)/t15-/m0/s1. The zero-order chi connectivity index (χ0) is 20.1. The van der Waals surface area contributed by atoms with Crippen LogP contribution in [0.3, 0.4) is 0 Å². The number of anilines is 2. The number of amides is 1. The van der Waals surface area contributed by atoms with E-state index in [0.717, 1.165) is 37.6 Å². The van der Waals surface area contributed by atoms with Crippen molar-refractivity contribution >= 4 is 28.9 Å². The fourth-order valence-electron chi connectivity index (χ4n) is 3.26. The van der Waals surface area contributed by atoms with E-state index < -0.39 is 0 Å². The quantitative estimate of drug-likeness (QED) is 0.836. The van der Waals surface area contributed by atoms with Gasteiger partial charge in [-0.25, -0.2) is 0 Å². The van der Waals surface area contributed by atoms with Gasteiger partial charge in [-0.2, -0.15) is 5.26 Å². The molecule has 1 amide bonds. The van der Waals surface area contributed by atoms with Crippen molar-refractivity contribution in [1.29, 1.82) is 5.26 Å². The van der Waals surface area contributed by atoms with Gasteiger partial charge in [-0.15, -0.1) is 0 Å². The molecule has 2 aromatic carbocycles. The summed E-state index contributed by atoms with van der Waals surface area (Å²) in [6, 6.07) is 14.7. The Morgan fingerprint density at radius 3 is 2.43 bits per heavy atom. The van der Waals surface area contributed by atoms with Crippen LogP contribution in [0, 0.1) is 11.3 Å². The molecule has 7 heteroatoms. The van der Waals surface area contributed by atoms with Crippen LogP contribution in [0.2, 0.25) is 5.02 Å². The lowest BCUT2D eigenvalue weighted by atomic mass is 10.1. The molecule has 2 aromatic rings. The summed E-state index contributed by atoms with van der Waals surface area (Å²) in [5.41, 5.74) is 2.14. The number of rotatable bonds is 5. The number of nitriles is 1. The Morgan fingerprint density at radius 1 is 1.18 bits per heavy atom. The van der Waals surface area contributed by atoms with Gasteiger partial charge in [0, 0.05) is 37.6 Å². The molecule has 146 valence electrons. The van der Waals surface area contributed by atoms with Gasteiger partial charge in [-0.1, -0.05) is 11.6 Å². The molecule has 1 N–H and O–H groups in total. The first-order valence-corrected chi connectivity index (χ1v) is 9.53. The lowest BCUT2D eigenvalue weighted by Crippen LogP contribution is -2.52. The third kappa shape index (κ3) is 4.56. The smallest absolute Gasteiger partial charge is 0.241 e. The highest BCUT2D eigenvalue weighted by Crippen LogP contribution is 2.22. The van der Waals surface area contributed by atoms with E-state index >= 15 is 0 Å². The van der Waals surface area contributed by atoms with Crippen molar-refractivity contribution < 1.29 is 9.53 Å². The van der Waals surface area contributed by atoms with Gasteiger partial charge in [0.05, 0.1) is 23.7 Å². The molecule has 0 aliphatic carbocycles. The van der Waals surface area contributed by atoms with Crippen LogP contribution in [0.15, 0.2) is 42.5 Å². The number of nitrogens with one attached hydrogen (secondary N) is 1. The van der Waals surface area contributed by atoms with Crippen molar-refractivity contribution in [3.8, 4) is 11.8 Å². The molecule has 6 nitrogen and oxygen atoms in total. The largest absolute Gasteiger partial charge is 0.497 e. The molecular weight excluding hydrogens is 376 g/mol. The van der Waals surface area contributed by atoms with Crippen molar-refractivity contribution in [2.75, 3.05) is 43.5 Å². The summed E-state index contributed by atoms with van der Waals surface area (Å²) >= 11 is 6.04. The minimum Gasteiger partial charge on any atom is -0.497 e. The molecule has 1 atom stereocenters. The Labute approximate surface area is 170 Å². The predicted octanol–water partition coefficient (Wildman–Crippen LogP) is 3.37. The average Bonchev–Trinajstić information content (AvgIpc) is 2.73. The van der Waals surface area contributed by atoms with E-state index in [2.05, 4.69) is 27.2 Å². The molecule has 0 saturated carbocycles. The maximum absolute atomic E-state index is 12.6. The number of nitrogens with zero attached hydrogens (tertiary/aromatic N) is 3. The molecule has 0 spiro atoms. The molecule has 1 aliphatic heterocycles. The Kier molecular flexibility index (Phi) is 6.40. The number of carbonyl (C=O) groups excluding carboxylic acids is 1. The fourth-order valence-corrected chi connectivity index (χ4v) is 3.48. The van der Waals surface area contributed by atoms with E-state index in [1.807, 2.05) is 25.1 Å². The number of carbonyl (C=O) groups is 1. The molecular formula is C21H23ClN4O2. The second-order valence-corrected chi connectivity index (χ2v) is 7.10. The van der Waals surface area contributed by atoms with Crippen molar-refractivity contribution in [2.24, 2.45) is 0 Å². The molecule has 0 aromatic heterocycles. The van der Waals surface area contributed by atoms with Crippen LogP contribution in [0.4, 0.5) is 11.4 Å². The van der Waals surface area contributed by atoms with Crippen molar-refractivity contribution in [1.82, 2.24) is 4.90 Å². The third-order valence-electron chi connectivity index (χ3n) is 5.04. The zero-order valence-corrected chi connectivity index (χ0v) is 16.7. The van der Waals surface area contributed by atoms with Gasteiger partial charge in [-0.05, 0) is 49.4 Å². The van der Waals surface area contributed by atoms with Gasteiger partial charge in [0.25, 0.3) is 0 Å². The summed E-state index contributed by atoms with van der Waals surface area (Å²) in [7, 11) is 1.66. The molecule has 1 aliphatic rings. The van der Waals surface area contributed by atoms with Crippen LogP contribution in [0.5, 0.6) is 5.75 Å². The number of hydrogen-bond acceptors (Lipinski definition) is 5. The number of halogens is 1. The van der Waals surface area contributed by atoms with Crippen molar-refractivity contribution in [3.05, 3.63) is 53.1 Å². The first-order valence-electron chi connectivity index (χ1n) is 9.15. The molecule has 1 saturated heterocycles. The SMILES string of the molecule is COc1ccc(N2CCN([C@@H](C)C(=O)Nc3ccc(C#N)c(Cl)c3)CC2)cc1. The molecule has 3 rings (SSSR count). The van der Waals surface area contributed by atoms with Gasteiger partial charge in [0.1, 0.15) is 11.8 Å². The highest BCUT2D eigenvalue weighted by molar-refractivity contribution is 6.32. The van der Waals surface area contributed by atoms with E-state index in [1.165, 1.54) is 0 Å². The minimum absolute atomic E-state index is 0.0846. The van der Waals surface area contributed by atoms with E-state index in [0.29, 0.717) is 16.3 Å². The molecule has 0 radical (unpaired) electrons. The Morgan fingerprint density at radius 2 is 1.86 bits per heavy atom. The summed E-state index contributed by atoms with van der Waals surface area (Å²) in [5.74, 6) is 0.759. The second-order valence-electron chi connectivity index (χ2n) is 6.69. The highest BCUT2D eigenvalue weighted by Gasteiger charge is 2.26. The van der Waals surface area contributed by atoms with Gasteiger partial charge in [0.2, 0.25) is 5.91 Å². The van der Waals surface area contributed by atoms with Crippen molar-refractivity contribution in [3.63, 3.8) is 0 Å². The van der Waals surface area contributed by atoms with Gasteiger partial charge >= 0.3 is 0 Å². The van der Waals surface area contributed by atoms with Crippen LogP contribution in [0.1, 0.15) is 12.5 Å². The monoisotopic (exact) mass is 398 g/mol. The number of hydrogen-bond donors (Lipinski definition) is 1. The number of piperazine rings is 1. The second kappa shape index (κ2) is 8.96. The summed E-state index contributed by atoms with van der Waals surface area (Å²) in [6.07, 6.45) is 0. The topological polar surface area (TPSA) is 68.6 Å². The highest BCUT2D eigenvalue weighted by atomic mass is 35.5. The lowest BCUT2D eigenvalue weighted by Gasteiger charge is -2.38. The van der Waals surface area contributed by atoms with Crippen LogP contribution in [-0.2, 0) is 4.79 Å². The molecule has 28 heavy (non-hydrogen) atoms. The molecule has 0 unspecified atom stereocenters. The van der Waals surface area contributed by atoms with E-state index in [-0.39, 0.29) is 11.9 Å². The summed E-state index contributed by atoms with van der Waals surface area (Å²) in [6.45, 7) is 5.21. The normalized spacial score (nSPS) is 15.6. The first-order chi connectivity index (χ1) is 13.5. The maximum atomic E-state index is 12.6. The Bertz CT molecular complexity index is 871. The van der Waals surface area contributed by atoms with Crippen LogP contribution in [0.25, 0.3) is 0 Å². The van der Waals surface area contributed by atoms with Crippen LogP contribution < -0.4 is 15.0 Å². The van der Waals surface area contributed by atoms with Gasteiger partial charge in [-0.3, -0.25) is 9.69 Å². The van der Waals surface area contributed by atoms with E-state index in [9.17, 15) is 4.79 Å². The van der Waals surface area contributed by atoms with E-state index in [4.69, 9.17) is 21.6 Å². The maximum Gasteiger partial charge on any atom is 0.241 e. The lowest BCUT2D eigenvalue weighted by molar-refractivity contribution is -0.120. The van der Waals surface area contributed by atoms with Gasteiger partial charge < -0.3 is 15.0 Å². The number of benzene rings is 2. The Hall–Kier alpha value is -2.75. The zero-order valence-electron chi connectivity index (χ0n) is 16.0. The third-order valence-corrected chi connectivity index (χ3v) is 5.35.